The molecule has 2 heterocycles. The molecule has 2 N–H and O–H groups in total. The van der Waals surface area contributed by atoms with Gasteiger partial charge in [0.05, 0.1) is 26.9 Å². The lowest BCUT2D eigenvalue weighted by Gasteiger charge is -2.26. The van der Waals surface area contributed by atoms with Crippen LogP contribution in [0, 0.1) is 6.92 Å². The Labute approximate surface area is 162 Å². The molecule has 3 rings (SSSR count). The van der Waals surface area contributed by atoms with E-state index in [1.54, 1.807) is 12.1 Å². The van der Waals surface area contributed by atoms with E-state index in [-0.39, 0.29) is 18.6 Å². The van der Waals surface area contributed by atoms with Crippen LogP contribution in [0.1, 0.15) is 11.4 Å². The predicted molar refractivity (Wildman–Crippen MR) is 101 cm³/mol. The third-order valence-corrected chi connectivity index (χ3v) is 4.37. The lowest BCUT2D eigenvalue weighted by Crippen LogP contribution is -2.38. The fourth-order valence-electron chi connectivity index (χ4n) is 2.47. The van der Waals surface area contributed by atoms with E-state index in [0.29, 0.717) is 48.8 Å². The Morgan fingerprint density at radius 1 is 1.30 bits per heavy atom. The van der Waals surface area contributed by atoms with Gasteiger partial charge in [-0.25, -0.2) is 4.79 Å². The van der Waals surface area contributed by atoms with Crippen molar-refractivity contribution in [3.05, 3.63) is 34.6 Å². The van der Waals surface area contributed by atoms with E-state index in [0.717, 1.165) is 5.56 Å². The summed E-state index contributed by atoms with van der Waals surface area (Å²) in [5, 5.41) is 6.03. The van der Waals surface area contributed by atoms with Crippen LogP contribution in [-0.4, -0.2) is 54.4 Å². The van der Waals surface area contributed by atoms with Gasteiger partial charge in [-0.15, -0.1) is 0 Å². The standard InChI is InChI=1S/C17H21ClN6O3/c1-11-3-4-12(9-13(11)18)20-16(25)19-10-14-21-15(23-17(22-14)26-2)24-5-7-27-8-6-24/h3-4,9H,5-8,10H2,1-2H3,(H2,19,20,25). The van der Waals surface area contributed by atoms with Crippen LogP contribution in [0.15, 0.2) is 18.2 Å². The number of nitrogens with zero attached hydrogens (tertiary/aromatic N) is 4. The first-order valence-electron chi connectivity index (χ1n) is 8.48. The zero-order valence-corrected chi connectivity index (χ0v) is 15.9. The van der Waals surface area contributed by atoms with Crippen molar-refractivity contribution < 1.29 is 14.3 Å². The fraction of sp³-hybridized carbons (Fsp3) is 0.412. The lowest BCUT2D eigenvalue weighted by molar-refractivity contribution is 0.122. The number of benzene rings is 1. The Kier molecular flexibility index (Phi) is 6.25. The average molecular weight is 393 g/mol. The summed E-state index contributed by atoms with van der Waals surface area (Å²) < 4.78 is 10.5. The molecule has 2 aromatic rings. The van der Waals surface area contributed by atoms with E-state index < -0.39 is 0 Å². The van der Waals surface area contributed by atoms with Gasteiger partial charge in [0, 0.05) is 23.8 Å². The number of carbonyl (C=O) groups excluding carboxylic acids is 1. The first-order chi connectivity index (χ1) is 13.0. The zero-order valence-electron chi connectivity index (χ0n) is 15.2. The highest BCUT2D eigenvalue weighted by Crippen LogP contribution is 2.20. The quantitative estimate of drug-likeness (QED) is 0.802. The number of nitrogens with one attached hydrogen (secondary N) is 2. The molecular weight excluding hydrogens is 372 g/mol. The summed E-state index contributed by atoms with van der Waals surface area (Å²) in [6.45, 7) is 4.63. The molecule has 0 spiro atoms. The molecule has 0 bridgehead atoms. The predicted octanol–water partition coefficient (Wildman–Crippen LogP) is 2.00. The number of halogens is 1. The van der Waals surface area contributed by atoms with Gasteiger partial charge in [-0.05, 0) is 24.6 Å². The van der Waals surface area contributed by atoms with Crippen LogP contribution in [0.3, 0.4) is 0 Å². The van der Waals surface area contributed by atoms with Crippen LogP contribution in [-0.2, 0) is 11.3 Å². The fourth-order valence-corrected chi connectivity index (χ4v) is 2.65. The molecule has 10 heteroatoms. The molecule has 0 aliphatic carbocycles. The molecule has 144 valence electrons. The molecule has 1 aliphatic heterocycles. The number of morpholine rings is 1. The maximum Gasteiger partial charge on any atom is 0.321 e. The molecule has 0 atom stereocenters. The van der Waals surface area contributed by atoms with Crippen LogP contribution in [0.25, 0.3) is 0 Å². The van der Waals surface area contributed by atoms with Gasteiger partial charge in [0.15, 0.2) is 5.82 Å². The first kappa shape index (κ1) is 19.1. The number of hydrogen-bond donors (Lipinski definition) is 2. The minimum Gasteiger partial charge on any atom is -0.467 e. The summed E-state index contributed by atoms with van der Waals surface area (Å²) >= 11 is 6.07. The van der Waals surface area contributed by atoms with E-state index in [1.807, 2.05) is 17.9 Å². The van der Waals surface area contributed by atoms with Gasteiger partial charge in [-0.1, -0.05) is 17.7 Å². The van der Waals surface area contributed by atoms with Gasteiger partial charge >= 0.3 is 12.0 Å². The molecule has 2 amide bonds. The molecule has 1 fully saturated rings. The molecule has 0 unspecified atom stereocenters. The van der Waals surface area contributed by atoms with E-state index in [4.69, 9.17) is 21.1 Å². The first-order valence-corrected chi connectivity index (χ1v) is 8.85. The third-order valence-electron chi connectivity index (χ3n) is 3.96. The van der Waals surface area contributed by atoms with Crippen LogP contribution in [0.5, 0.6) is 6.01 Å². The number of ether oxygens (including phenoxy) is 2. The number of aryl methyl sites for hydroxylation is 1. The third kappa shape index (κ3) is 5.18. The highest BCUT2D eigenvalue weighted by molar-refractivity contribution is 6.31. The van der Waals surface area contributed by atoms with Crippen LogP contribution < -0.4 is 20.3 Å². The van der Waals surface area contributed by atoms with Crippen molar-refractivity contribution >= 4 is 29.3 Å². The van der Waals surface area contributed by atoms with E-state index in [2.05, 4.69) is 25.6 Å². The second-order valence-corrected chi connectivity index (χ2v) is 6.32. The van der Waals surface area contributed by atoms with Gasteiger partial charge in [0.1, 0.15) is 0 Å². The molecule has 1 saturated heterocycles. The average Bonchev–Trinajstić information content (AvgIpc) is 2.69. The number of urea groups is 1. The second kappa shape index (κ2) is 8.83. The largest absolute Gasteiger partial charge is 0.467 e. The summed E-state index contributed by atoms with van der Waals surface area (Å²) in [6.07, 6.45) is 0. The van der Waals surface area contributed by atoms with Crippen molar-refractivity contribution in [2.45, 2.75) is 13.5 Å². The highest BCUT2D eigenvalue weighted by Gasteiger charge is 2.17. The van der Waals surface area contributed by atoms with E-state index >= 15 is 0 Å². The number of rotatable bonds is 5. The SMILES string of the molecule is COc1nc(CNC(=O)Nc2ccc(C)c(Cl)c2)nc(N2CCOCC2)n1. The van der Waals surface area contributed by atoms with Crippen LogP contribution >= 0.6 is 11.6 Å². The molecule has 1 aromatic heterocycles. The molecule has 9 nitrogen and oxygen atoms in total. The monoisotopic (exact) mass is 392 g/mol. The zero-order chi connectivity index (χ0) is 19.2. The van der Waals surface area contributed by atoms with Crippen molar-refractivity contribution in [2.75, 3.05) is 43.6 Å². The summed E-state index contributed by atoms with van der Waals surface area (Å²) in [6, 6.07) is 5.13. The van der Waals surface area contributed by atoms with Crippen molar-refractivity contribution in [3.63, 3.8) is 0 Å². The second-order valence-electron chi connectivity index (χ2n) is 5.91. The van der Waals surface area contributed by atoms with Crippen molar-refractivity contribution in [1.82, 2.24) is 20.3 Å². The Morgan fingerprint density at radius 3 is 2.78 bits per heavy atom. The summed E-state index contributed by atoms with van der Waals surface area (Å²) in [5.41, 5.74) is 1.54. The number of amides is 2. The number of anilines is 2. The molecule has 0 saturated carbocycles. The Morgan fingerprint density at radius 2 is 2.07 bits per heavy atom. The molecule has 27 heavy (non-hydrogen) atoms. The van der Waals surface area contributed by atoms with Gasteiger partial charge in [-0.2, -0.15) is 15.0 Å². The Hall–Kier alpha value is -2.65. The number of aromatic nitrogens is 3. The maximum atomic E-state index is 12.1. The maximum absolute atomic E-state index is 12.1. The molecule has 0 radical (unpaired) electrons. The Bertz CT molecular complexity index is 813. The van der Waals surface area contributed by atoms with Crippen molar-refractivity contribution in [2.24, 2.45) is 0 Å². The summed E-state index contributed by atoms with van der Waals surface area (Å²) in [5.74, 6) is 0.910. The highest BCUT2D eigenvalue weighted by atomic mass is 35.5. The summed E-state index contributed by atoms with van der Waals surface area (Å²) in [4.78, 5) is 27.0. The number of methoxy groups -OCH3 is 1. The smallest absolute Gasteiger partial charge is 0.321 e. The molecule has 1 aromatic carbocycles. The normalized spacial score (nSPS) is 14.0. The van der Waals surface area contributed by atoms with Crippen molar-refractivity contribution in [1.29, 1.82) is 0 Å². The van der Waals surface area contributed by atoms with Gasteiger partial charge in [0.25, 0.3) is 0 Å². The molecular formula is C17H21ClN6O3. The summed E-state index contributed by atoms with van der Waals surface area (Å²) in [7, 11) is 1.49. The topological polar surface area (TPSA) is 102 Å². The van der Waals surface area contributed by atoms with E-state index in [9.17, 15) is 4.79 Å². The minimum atomic E-state index is -0.387. The lowest BCUT2D eigenvalue weighted by atomic mass is 10.2. The molecule has 1 aliphatic rings. The van der Waals surface area contributed by atoms with Gasteiger partial charge in [-0.3, -0.25) is 0 Å². The number of carbonyl (C=O) groups is 1. The van der Waals surface area contributed by atoms with Crippen molar-refractivity contribution in [3.8, 4) is 6.01 Å². The van der Waals surface area contributed by atoms with Crippen LogP contribution in [0.2, 0.25) is 5.02 Å². The minimum absolute atomic E-state index is 0.127. The number of hydrogen-bond acceptors (Lipinski definition) is 7. The van der Waals surface area contributed by atoms with Gasteiger partial charge in [0.2, 0.25) is 5.95 Å². The van der Waals surface area contributed by atoms with Gasteiger partial charge < -0.3 is 25.0 Å². The van der Waals surface area contributed by atoms with Crippen LogP contribution in [0.4, 0.5) is 16.4 Å². The Balaban J connectivity index is 1.63. The van der Waals surface area contributed by atoms with E-state index in [1.165, 1.54) is 7.11 Å².